The molecule has 0 saturated carbocycles. The number of benzene rings is 3. The summed E-state index contributed by atoms with van der Waals surface area (Å²) < 4.78 is 11.5. The van der Waals surface area contributed by atoms with Crippen LogP contribution in [-0.2, 0) is 4.79 Å². The number of nitrogens with zero attached hydrogens (tertiary/aromatic N) is 1. The summed E-state index contributed by atoms with van der Waals surface area (Å²) in [7, 11) is 1.45. The number of carbonyl (C=O) groups excluding carboxylic acids is 3. The maximum absolute atomic E-state index is 12.4. The Labute approximate surface area is 205 Å². The van der Waals surface area contributed by atoms with Crippen LogP contribution >= 0.6 is 15.9 Å². The lowest BCUT2D eigenvalue weighted by Gasteiger charge is -2.10. The third kappa shape index (κ3) is 7.01. The summed E-state index contributed by atoms with van der Waals surface area (Å²) in [6.45, 7) is 1.66. The molecule has 0 unspecified atom stereocenters. The van der Waals surface area contributed by atoms with Gasteiger partial charge in [0, 0.05) is 10.0 Å². The zero-order valence-corrected chi connectivity index (χ0v) is 20.1. The number of hydrazone groups is 1. The van der Waals surface area contributed by atoms with Crippen molar-refractivity contribution < 1.29 is 23.9 Å². The summed E-state index contributed by atoms with van der Waals surface area (Å²) >= 11 is 3.32. The Morgan fingerprint density at radius 3 is 2.47 bits per heavy atom. The minimum Gasteiger partial charge on any atom is -0.493 e. The van der Waals surface area contributed by atoms with E-state index in [9.17, 15) is 14.4 Å². The normalized spacial score (nSPS) is 10.6. The molecule has 0 saturated heterocycles. The zero-order chi connectivity index (χ0) is 24.5. The van der Waals surface area contributed by atoms with Gasteiger partial charge in [0.2, 0.25) is 0 Å². The predicted octanol–water partition coefficient (Wildman–Crippen LogP) is 3.87. The number of esters is 1. The van der Waals surface area contributed by atoms with E-state index in [-0.39, 0.29) is 18.2 Å². The van der Waals surface area contributed by atoms with Crippen molar-refractivity contribution in [3.63, 3.8) is 0 Å². The van der Waals surface area contributed by atoms with Gasteiger partial charge in [-0.3, -0.25) is 9.59 Å². The van der Waals surface area contributed by atoms with E-state index in [1.165, 1.54) is 13.3 Å². The van der Waals surface area contributed by atoms with Gasteiger partial charge in [-0.05, 0) is 61.0 Å². The summed E-state index contributed by atoms with van der Waals surface area (Å²) in [6.07, 6.45) is 1.41. The molecule has 0 aliphatic heterocycles. The summed E-state index contributed by atoms with van der Waals surface area (Å²) in [6, 6.07) is 18.7. The van der Waals surface area contributed by atoms with E-state index in [0.717, 1.165) is 10.0 Å². The van der Waals surface area contributed by atoms with Crippen LogP contribution < -0.4 is 20.2 Å². The van der Waals surface area contributed by atoms with Gasteiger partial charge in [0.25, 0.3) is 11.8 Å². The Hall–Kier alpha value is -3.98. The van der Waals surface area contributed by atoms with Gasteiger partial charge in [-0.25, -0.2) is 10.2 Å². The molecule has 0 bridgehead atoms. The highest BCUT2D eigenvalue weighted by atomic mass is 79.9. The number of ether oxygens (including phenoxy) is 2. The largest absolute Gasteiger partial charge is 0.493 e. The van der Waals surface area contributed by atoms with Crippen molar-refractivity contribution in [2.75, 3.05) is 13.7 Å². The third-order valence-corrected chi connectivity index (χ3v) is 5.04. The molecule has 0 fully saturated rings. The number of hydrogen-bond donors (Lipinski definition) is 2. The van der Waals surface area contributed by atoms with E-state index in [0.29, 0.717) is 22.4 Å². The quantitative estimate of drug-likeness (QED) is 0.202. The van der Waals surface area contributed by atoms with E-state index in [1.807, 2.05) is 19.1 Å². The summed E-state index contributed by atoms with van der Waals surface area (Å²) in [5, 5.41) is 6.42. The smallest absolute Gasteiger partial charge is 0.343 e. The molecule has 3 aromatic carbocycles. The van der Waals surface area contributed by atoms with E-state index < -0.39 is 11.9 Å². The van der Waals surface area contributed by atoms with Gasteiger partial charge in [-0.15, -0.1) is 0 Å². The molecule has 3 aromatic rings. The third-order valence-electron chi connectivity index (χ3n) is 4.54. The van der Waals surface area contributed by atoms with Crippen molar-refractivity contribution in [2.45, 2.75) is 6.92 Å². The fraction of sp³-hybridized carbons (Fsp3) is 0.120. The van der Waals surface area contributed by atoms with Gasteiger partial charge in [-0.2, -0.15) is 5.10 Å². The summed E-state index contributed by atoms with van der Waals surface area (Å²) in [5.74, 6) is -0.790. The van der Waals surface area contributed by atoms with Crippen LogP contribution in [0.2, 0.25) is 0 Å². The summed E-state index contributed by atoms with van der Waals surface area (Å²) in [4.78, 5) is 36.4. The monoisotopic (exact) mass is 523 g/mol. The van der Waals surface area contributed by atoms with Crippen LogP contribution in [0, 0.1) is 6.92 Å². The number of rotatable bonds is 8. The molecule has 8 nitrogen and oxygen atoms in total. The van der Waals surface area contributed by atoms with Gasteiger partial charge < -0.3 is 14.8 Å². The maximum Gasteiger partial charge on any atom is 0.343 e. The van der Waals surface area contributed by atoms with Crippen molar-refractivity contribution in [3.8, 4) is 11.5 Å². The molecule has 174 valence electrons. The van der Waals surface area contributed by atoms with Gasteiger partial charge in [0.1, 0.15) is 0 Å². The van der Waals surface area contributed by atoms with Crippen molar-refractivity contribution in [1.82, 2.24) is 10.7 Å². The van der Waals surface area contributed by atoms with Crippen LogP contribution in [-0.4, -0.2) is 37.7 Å². The Morgan fingerprint density at radius 1 is 0.971 bits per heavy atom. The van der Waals surface area contributed by atoms with Crippen LogP contribution in [0.1, 0.15) is 31.8 Å². The topological polar surface area (TPSA) is 106 Å². The molecule has 34 heavy (non-hydrogen) atoms. The van der Waals surface area contributed by atoms with Crippen LogP contribution in [0.3, 0.4) is 0 Å². The highest BCUT2D eigenvalue weighted by Crippen LogP contribution is 2.28. The Balaban J connectivity index is 1.54. The molecular weight excluding hydrogens is 502 g/mol. The zero-order valence-electron chi connectivity index (χ0n) is 18.5. The van der Waals surface area contributed by atoms with Crippen LogP contribution in [0.5, 0.6) is 11.5 Å². The molecule has 0 heterocycles. The molecule has 0 aliphatic rings. The fourth-order valence-corrected chi connectivity index (χ4v) is 3.29. The van der Waals surface area contributed by atoms with Crippen molar-refractivity contribution >= 4 is 39.9 Å². The molecule has 0 atom stereocenters. The first-order valence-electron chi connectivity index (χ1n) is 10.2. The number of amides is 2. The fourth-order valence-electron chi connectivity index (χ4n) is 2.89. The lowest BCUT2D eigenvalue weighted by atomic mass is 10.1. The van der Waals surface area contributed by atoms with E-state index in [1.54, 1.807) is 54.6 Å². The van der Waals surface area contributed by atoms with Crippen molar-refractivity contribution in [1.29, 1.82) is 0 Å². The molecule has 3 rings (SSSR count). The Morgan fingerprint density at radius 2 is 1.74 bits per heavy atom. The average molecular weight is 524 g/mol. The number of methoxy groups -OCH3 is 1. The molecule has 0 spiro atoms. The lowest BCUT2D eigenvalue weighted by molar-refractivity contribution is -0.120. The first kappa shape index (κ1) is 24.7. The molecule has 0 aliphatic carbocycles. The Bertz CT molecular complexity index is 1240. The predicted molar refractivity (Wildman–Crippen MR) is 131 cm³/mol. The molecule has 2 N–H and O–H groups in total. The van der Waals surface area contributed by atoms with Gasteiger partial charge in [0.15, 0.2) is 11.5 Å². The molecular formula is C25H22BrN3O5. The van der Waals surface area contributed by atoms with Crippen LogP contribution in [0.25, 0.3) is 0 Å². The second-order valence-corrected chi connectivity index (χ2v) is 8.07. The SMILES string of the molecule is COc1cc(/C=N\NC(=O)CNC(=O)c2cccc(C)c2)ccc1OC(=O)c1cccc(Br)c1. The highest BCUT2D eigenvalue weighted by Gasteiger charge is 2.13. The van der Waals surface area contributed by atoms with Crippen molar-refractivity contribution in [3.05, 3.63) is 93.5 Å². The van der Waals surface area contributed by atoms with Crippen LogP contribution in [0.4, 0.5) is 0 Å². The van der Waals surface area contributed by atoms with E-state index in [4.69, 9.17) is 9.47 Å². The highest BCUT2D eigenvalue weighted by molar-refractivity contribution is 9.10. The minimum absolute atomic E-state index is 0.224. The average Bonchev–Trinajstić information content (AvgIpc) is 2.83. The van der Waals surface area contributed by atoms with Crippen LogP contribution in [0.15, 0.2) is 76.3 Å². The molecule has 9 heteroatoms. The maximum atomic E-state index is 12.4. The lowest BCUT2D eigenvalue weighted by Crippen LogP contribution is -2.34. The van der Waals surface area contributed by atoms with Crippen molar-refractivity contribution in [2.24, 2.45) is 5.10 Å². The minimum atomic E-state index is -0.527. The summed E-state index contributed by atoms with van der Waals surface area (Å²) in [5.41, 5.74) is 4.76. The number of carbonyl (C=O) groups is 3. The van der Waals surface area contributed by atoms with Gasteiger partial charge in [0.05, 0.1) is 25.4 Å². The molecule has 2 amide bonds. The standard InChI is InChI=1S/C25H22BrN3O5/c1-16-5-3-6-18(11-16)24(31)27-15-23(30)29-28-14-17-9-10-21(22(12-17)33-2)34-25(32)19-7-4-8-20(26)13-19/h3-14H,15H2,1-2H3,(H,27,31)(H,29,30)/b28-14-. The number of halogens is 1. The van der Waals surface area contributed by atoms with Gasteiger partial charge in [-0.1, -0.05) is 39.7 Å². The second kappa shape index (κ2) is 11.8. The second-order valence-electron chi connectivity index (χ2n) is 7.16. The van der Waals surface area contributed by atoms with E-state index in [2.05, 4.69) is 31.8 Å². The first-order valence-corrected chi connectivity index (χ1v) is 11.0. The number of nitrogens with one attached hydrogen (secondary N) is 2. The number of aryl methyl sites for hydroxylation is 1. The molecule has 0 aromatic heterocycles. The van der Waals surface area contributed by atoms with Gasteiger partial charge >= 0.3 is 5.97 Å². The first-order chi connectivity index (χ1) is 16.4. The Kier molecular flexibility index (Phi) is 8.53. The number of hydrogen-bond acceptors (Lipinski definition) is 6. The van der Waals surface area contributed by atoms with E-state index >= 15 is 0 Å². The molecule has 0 radical (unpaired) electrons.